The van der Waals surface area contributed by atoms with Crippen LogP contribution in [0.15, 0.2) is 0 Å². The Balaban J connectivity index is 1.45. The van der Waals surface area contributed by atoms with Crippen LogP contribution in [0.1, 0.15) is 126 Å². The van der Waals surface area contributed by atoms with E-state index in [1.165, 1.54) is 5.12 Å². The molecule has 7 unspecified atom stereocenters. The maximum absolute atomic E-state index is 14.9. The van der Waals surface area contributed by atoms with E-state index in [2.05, 4.69) is 70.0 Å². The molecule has 0 aliphatic heterocycles. The number of rotatable bonds is 12. The molecule has 0 saturated heterocycles. The Hall–Kier alpha value is -2.16. The number of carbonyl (C=O) groups is 4. The molecule has 5 fully saturated rings. The summed E-state index contributed by atoms with van der Waals surface area (Å²) in [5.41, 5.74) is 3.84. The zero-order valence-corrected chi connectivity index (χ0v) is 27.9. The van der Waals surface area contributed by atoms with Gasteiger partial charge in [-0.15, -0.1) is 0 Å². The Morgan fingerprint density at radius 2 is 1.44 bits per heavy atom. The lowest BCUT2D eigenvalue weighted by atomic mass is 9.66. The normalized spacial score (nSPS) is 38.4. The molecule has 4 N–H and O–H groups in total. The van der Waals surface area contributed by atoms with Gasteiger partial charge in [0, 0.05) is 24.3 Å². The van der Waals surface area contributed by atoms with E-state index >= 15 is 0 Å². The van der Waals surface area contributed by atoms with Crippen molar-refractivity contribution in [3.8, 4) is 0 Å². The number of nitrogens with one attached hydrogen (secondary N) is 4. The molecule has 0 bridgehead atoms. The Kier molecular flexibility index (Phi) is 8.49. The molecule has 5 saturated carbocycles. The van der Waals surface area contributed by atoms with Gasteiger partial charge in [-0.3, -0.25) is 19.2 Å². The summed E-state index contributed by atoms with van der Waals surface area (Å²) in [6.07, 6.45) is 8.50. The van der Waals surface area contributed by atoms with Gasteiger partial charge in [0.2, 0.25) is 17.7 Å². The highest BCUT2D eigenvalue weighted by molar-refractivity contribution is 6.00. The average Bonchev–Trinajstić information content (AvgIpc) is 3.81. The van der Waals surface area contributed by atoms with E-state index in [0.717, 1.165) is 57.8 Å². The predicted octanol–water partition coefficient (Wildman–Crippen LogP) is 4.62. The molecular formula is C34H57N5O4. The molecule has 0 spiro atoms. The molecule has 5 aliphatic carbocycles. The second-order valence-corrected chi connectivity index (χ2v) is 16.3. The van der Waals surface area contributed by atoms with Crippen molar-refractivity contribution < 1.29 is 19.2 Å². The molecule has 0 radical (unpaired) electrons. The number of amides is 4. The van der Waals surface area contributed by atoms with Crippen LogP contribution in [-0.4, -0.2) is 45.9 Å². The van der Waals surface area contributed by atoms with Crippen LogP contribution in [0.5, 0.6) is 0 Å². The molecule has 4 amide bonds. The zero-order valence-electron chi connectivity index (χ0n) is 27.9. The van der Waals surface area contributed by atoms with Gasteiger partial charge in [0.15, 0.2) is 0 Å². The molecule has 43 heavy (non-hydrogen) atoms. The summed E-state index contributed by atoms with van der Waals surface area (Å²) in [5.74, 6) is 0.312. The standard InChI is InChI=1S/C34H57N5O4/c1-9-11-32(13-14-32)29(42)38-39(37-24-17-31(7,8)18-24)30(43)34(36-28(41)26-21(4)15-22(26)5)19-33(34,12-10-2)35-27(40)25-16-20(3)23(25)6/h20-26,37H,9-19H2,1-8H3,(H,35,40)(H,36,41)(H,38,42). The number of hydrogen-bond donors (Lipinski definition) is 4. The minimum Gasteiger partial charge on any atom is -0.347 e. The summed E-state index contributed by atoms with van der Waals surface area (Å²) in [7, 11) is 0. The molecule has 0 aromatic carbocycles. The van der Waals surface area contributed by atoms with Gasteiger partial charge < -0.3 is 10.6 Å². The van der Waals surface area contributed by atoms with Gasteiger partial charge in [-0.2, -0.15) is 5.12 Å². The summed E-state index contributed by atoms with van der Waals surface area (Å²) in [6, 6.07) is 0.0336. The fourth-order valence-corrected chi connectivity index (χ4v) is 8.93. The van der Waals surface area contributed by atoms with Gasteiger partial charge in [0.25, 0.3) is 5.91 Å². The van der Waals surface area contributed by atoms with E-state index in [1.54, 1.807) is 0 Å². The highest BCUT2D eigenvalue weighted by Crippen LogP contribution is 2.55. The lowest BCUT2D eigenvalue weighted by Crippen LogP contribution is -2.69. The van der Waals surface area contributed by atoms with Crippen LogP contribution in [0.2, 0.25) is 0 Å². The molecule has 9 heteroatoms. The van der Waals surface area contributed by atoms with Crippen LogP contribution in [0, 0.1) is 46.3 Å². The fraction of sp³-hybridized carbons (Fsp3) is 0.882. The third-order valence-electron chi connectivity index (χ3n) is 12.2. The van der Waals surface area contributed by atoms with Gasteiger partial charge in [-0.25, -0.2) is 10.9 Å². The maximum Gasteiger partial charge on any atom is 0.284 e. The van der Waals surface area contributed by atoms with Crippen molar-refractivity contribution in [3.05, 3.63) is 0 Å². The first kappa shape index (κ1) is 32.2. The van der Waals surface area contributed by atoms with E-state index in [1.807, 2.05) is 6.92 Å². The van der Waals surface area contributed by atoms with Crippen LogP contribution in [0.3, 0.4) is 0 Å². The van der Waals surface area contributed by atoms with Crippen LogP contribution in [0.4, 0.5) is 0 Å². The minimum atomic E-state index is -1.33. The molecule has 0 aromatic heterocycles. The number of carbonyl (C=O) groups excluding carboxylic acids is 4. The Morgan fingerprint density at radius 1 is 0.814 bits per heavy atom. The number of nitrogens with zero attached hydrogens (tertiary/aromatic N) is 1. The second-order valence-electron chi connectivity index (χ2n) is 16.3. The molecule has 242 valence electrons. The van der Waals surface area contributed by atoms with Gasteiger partial charge in [-0.05, 0) is 80.5 Å². The number of hydrogen-bond acceptors (Lipinski definition) is 5. The third-order valence-corrected chi connectivity index (χ3v) is 12.2. The van der Waals surface area contributed by atoms with Crippen molar-refractivity contribution in [3.63, 3.8) is 0 Å². The molecule has 0 heterocycles. The van der Waals surface area contributed by atoms with Crippen LogP contribution in [0.25, 0.3) is 0 Å². The predicted molar refractivity (Wildman–Crippen MR) is 166 cm³/mol. The molecular weight excluding hydrogens is 542 g/mol. The van der Waals surface area contributed by atoms with Crippen LogP contribution >= 0.6 is 0 Å². The fourth-order valence-electron chi connectivity index (χ4n) is 8.93. The van der Waals surface area contributed by atoms with Crippen LogP contribution < -0.4 is 21.5 Å². The van der Waals surface area contributed by atoms with Crippen molar-refractivity contribution >= 4 is 23.6 Å². The van der Waals surface area contributed by atoms with Crippen molar-refractivity contribution in [2.24, 2.45) is 46.3 Å². The van der Waals surface area contributed by atoms with E-state index in [0.29, 0.717) is 18.8 Å². The van der Waals surface area contributed by atoms with Crippen molar-refractivity contribution in [1.82, 2.24) is 26.6 Å². The van der Waals surface area contributed by atoms with Crippen molar-refractivity contribution in [2.75, 3.05) is 0 Å². The largest absolute Gasteiger partial charge is 0.347 e. The number of hydrazine groups is 2. The Labute approximate surface area is 258 Å². The Morgan fingerprint density at radius 3 is 1.93 bits per heavy atom. The minimum absolute atomic E-state index is 0.0301. The summed E-state index contributed by atoms with van der Waals surface area (Å²) in [4.78, 5) is 56.0. The first-order valence-electron chi connectivity index (χ1n) is 17.2. The van der Waals surface area contributed by atoms with E-state index in [4.69, 9.17) is 0 Å². The highest BCUT2D eigenvalue weighted by atomic mass is 16.2. The summed E-state index contributed by atoms with van der Waals surface area (Å²) in [6.45, 7) is 17.0. The van der Waals surface area contributed by atoms with Crippen LogP contribution in [-0.2, 0) is 19.2 Å². The smallest absolute Gasteiger partial charge is 0.284 e. The van der Waals surface area contributed by atoms with Gasteiger partial charge in [0.05, 0.1) is 11.0 Å². The molecule has 5 rings (SSSR count). The van der Waals surface area contributed by atoms with Gasteiger partial charge in [0.1, 0.15) is 5.54 Å². The Bertz CT molecular complexity index is 1120. The molecule has 0 aromatic rings. The monoisotopic (exact) mass is 599 g/mol. The molecule has 9 nitrogen and oxygen atoms in total. The summed E-state index contributed by atoms with van der Waals surface area (Å²) >= 11 is 0. The van der Waals surface area contributed by atoms with Gasteiger partial charge >= 0.3 is 0 Å². The summed E-state index contributed by atoms with van der Waals surface area (Å²) in [5, 5.41) is 7.86. The van der Waals surface area contributed by atoms with Gasteiger partial charge in [-0.1, -0.05) is 68.2 Å². The summed E-state index contributed by atoms with van der Waals surface area (Å²) < 4.78 is 0. The zero-order chi connectivity index (χ0) is 31.5. The topological polar surface area (TPSA) is 120 Å². The third kappa shape index (κ3) is 5.72. The first-order chi connectivity index (χ1) is 20.1. The first-order valence-corrected chi connectivity index (χ1v) is 17.2. The van der Waals surface area contributed by atoms with E-state index in [-0.39, 0.29) is 64.7 Å². The maximum atomic E-state index is 14.9. The second kappa shape index (κ2) is 11.3. The van der Waals surface area contributed by atoms with E-state index < -0.39 is 16.5 Å². The molecule has 7 atom stereocenters. The van der Waals surface area contributed by atoms with Crippen molar-refractivity contribution in [2.45, 2.75) is 143 Å². The highest BCUT2D eigenvalue weighted by Gasteiger charge is 2.75. The lowest BCUT2D eigenvalue weighted by Gasteiger charge is -2.46. The van der Waals surface area contributed by atoms with E-state index in [9.17, 15) is 19.2 Å². The van der Waals surface area contributed by atoms with Crippen molar-refractivity contribution in [1.29, 1.82) is 0 Å². The molecule has 5 aliphatic rings. The SMILES string of the molecule is CCCC1(C(=O)NN(NC2CC(C)(C)C2)C(=O)C2(NC(=O)C3C(C)CC3C)CC2(CCC)NC(=O)C2CC(C)C2C)CC1. The average molecular weight is 600 g/mol. The lowest BCUT2D eigenvalue weighted by molar-refractivity contribution is -0.156. The quantitative estimate of drug-likeness (QED) is 0.244.